The predicted octanol–water partition coefficient (Wildman–Crippen LogP) is 2.85. The molecule has 8 heteroatoms. The normalized spacial score (nSPS) is 16.4. The van der Waals surface area contributed by atoms with Gasteiger partial charge in [0, 0.05) is 13.6 Å². The molecule has 1 fully saturated rings. The van der Waals surface area contributed by atoms with Crippen molar-refractivity contribution in [1.82, 2.24) is 19.8 Å². The Bertz CT molecular complexity index is 1030. The first-order chi connectivity index (χ1) is 13.6. The minimum absolute atomic E-state index is 0.0138. The van der Waals surface area contributed by atoms with E-state index in [0.717, 1.165) is 31.7 Å². The standard InChI is InChI=1S/C20H24N4O3S/c1-13-16-19(22-12-23(2)20(16)26)28-17(13)18(25)21-11-14(15-7-6-10-27-15)24-8-4-3-5-9-24/h6-7,10,12,14H,3-5,8-9,11H2,1-2H3,(H,21,25). The number of hydrogen-bond acceptors (Lipinski definition) is 6. The minimum Gasteiger partial charge on any atom is -0.468 e. The van der Waals surface area contributed by atoms with Crippen molar-refractivity contribution in [2.75, 3.05) is 19.6 Å². The molecule has 3 aromatic rings. The Morgan fingerprint density at radius 3 is 2.86 bits per heavy atom. The summed E-state index contributed by atoms with van der Waals surface area (Å²) in [6.45, 7) is 4.28. The number of amides is 1. The fourth-order valence-electron chi connectivity index (χ4n) is 3.82. The molecular weight excluding hydrogens is 376 g/mol. The molecule has 4 rings (SSSR count). The summed E-state index contributed by atoms with van der Waals surface area (Å²) in [5.41, 5.74) is 0.568. The monoisotopic (exact) mass is 400 g/mol. The first-order valence-electron chi connectivity index (χ1n) is 9.56. The van der Waals surface area contributed by atoms with E-state index in [2.05, 4.69) is 15.2 Å². The number of hydrogen-bond donors (Lipinski definition) is 1. The van der Waals surface area contributed by atoms with Crippen molar-refractivity contribution in [3.63, 3.8) is 0 Å². The largest absolute Gasteiger partial charge is 0.468 e. The van der Waals surface area contributed by atoms with Gasteiger partial charge in [0.2, 0.25) is 0 Å². The molecule has 0 radical (unpaired) electrons. The summed E-state index contributed by atoms with van der Waals surface area (Å²) >= 11 is 1.27. The Morgan fingerprint density at radius 1 is 1.36 bits per heavy atom. The van der Waals surface area contributed by atoms with E-state index in [9.17, 15) is 9.59 Å². The number of rotatable bonds is 5. The number of carbonyl (C=O) groups is 1. The van der Waals surface area contributed by atoms with Gasteiger partial charge >= 0.3 is 0 Å². The van der Waals surface area contributed by atoms with E-state index >= 15 is 0 Å². The first kappa shape index (κ1) is 18.9. The number of thiophene rings is 1. The van der Waals surface area contributed by atoms with Crippen molar-refractivity contribution in [3.8, 4) is 0 Å². The second-order valence-corrected chi connectivity index (χ2v) is 8.23. The van der Waals surface area contributed by atoms with Crippen LogP contribution in [0.25, 0.3) is 10.2 Å². The van der Waals surface area contributed by atoms with Gasteiger partial charge in [-0.05, 0) is 50.6 Å². The molecule has 0 aliphatic carbocycles. The number of nitrogens with zero attached hydrogens (tertiary/aromatic N) is 3. The molecule has 3 aromatic heterocycles. The molecule has 148 valence electrons. The van der Waals surface area contributed by atoms with E-state index in [1.807, 2.05) is 19.1 Å². The van der Waals surface area contributed by atoms with E-state index in [1.165, 1.54) is 28.7 Å². The van der Waals surface area contributed by atoms with Crippen LogP contribution >= 0.6 is 11.3 Å². The van der Waals surface area contributed by atoms with E-state index in [4.69, 9.17) is 4.42 Å². The second kappa shape index (κ2) is 7.89. The average Bonchev–Trinajstić information content (AvgIpc) is 3.34. The number of fused-ring (bicyclic) bond motifs is 1. The van der Waals surface area contributed by atoms with Crippen LogP contribution in [-0.4, -0.2) is 40.0 Å². The van der Waals surface area contributed by atoms with Gasteiger partial charge in [-0.25, -0.2) is 4.98 Å². The Balaban J connectivity index is 1.55. The lowest BCUT2D eigenvalue weighted by atomic mass is 10.1. The number of aromatic nitrogens is 2. The Hall–Kier alpha value is -2.45. The van der Waals surface area contributed by atoms with Gasteiger partial charge in [-0.1, -0.05) is 6.42 Å². The molecule has 1 N–H and O–H groups in total. The van der Waals surface area contributed by atoms with Gasteiger partial charge in [0.15, 0.2) is 0 Å². The Morgan fingerprint density at radius 2 is 2.14 bits per heavy atom. The van der Waals surface area contributed by atoms with Gasteiger partial charge in [-0.15, -0.1) is 11.3 Å². The van der Waals surface area contributed by atoms with Crippen molar-refractivity contribution in [1.29, 1.82) is 0 Å². The summed E-state index contributed by atoms with van der Waals surface area (Å²) in [4.78, 5) is 33.1. The van der Waals surface area contributed by atoms with Crippen LogP contribution in [-0.2, 0) is 7.05 Å². The molecule has 0 bridgehead atoms. The van der Waals surface area contributed by atoms with Gasteiger partial charge in [0.25, 0.3) is 11.5 Å². The Kier molecular flexibility index (Phi) is 5.32. The maximum atomic E-state index is 12.9. The van der Waals surface area contributed by atoms with Crippen LogP contribution in [0.5, 0.6) is 0 Å². The van der Waals surface area contributed by atoms with Crippen LogP contribution in [0.2, 0.25) is 0 Å². The highest BCUT2D eigenvalue weighted by Gasteiger charge is 2.26. The number of furan rings is 1. The van der Waals surface area contributed by atoms with Gasteiger partial charge in [0.1, 0.15) is 10.6 Å². The van der Waals surface area contributed by atoms with Crippen LogP contribution in [0.4, 0.5) is 0 Å². The molecule has 0 spiro atoms. The van der Waals surface area contributed by atoms with E-state index in [1.54, 1.807) is 13.3 Å². The van der Waals surface area contributed by atoms with Gasteiger partial charge in [-0.2, -0.15) is 0 Å². The summed E-state index contributed by atoms with van der Waals surface area (Å²) in [6, 6.07) is 3.86. The van der Waals surface area contributed by atoms with Crippen molar-refractivity contribution in [2.24, 2.45) is 7.05 Å². The fraction of sp³-hybridized carbons (Fsp3) is 0.450. The number of piperidine rings is 1. The topological polar surface area (TPSA) is 80.4 Å². The molecule has 7 nitrogen and oxygen atoms in total. The lowest BCUT2D eigenvalue weighted by Crippen LogP contribution is -2.40. The molecule has 1 aliphatic heterocycles. The molecular formula is C20H24N4O3S. The zero-order chi connectivity index (χ0) is 19.7. The fourth-order valence-corrected chi connectivity index (χ4v) is 4.87. The number of likely N-dealkylation sites (tertiary alicyclic amines) is 1. The van der Waals surface area contributed by atoms with Gasteiger partial charge in [-0.3, -0.25) is 14.5 Å². The van der Waals surface area contributed by atoms with Gasteiger partial charge < -0.3 is 14.3 Å². The molecule has 28 heavy (non-hydrogen) atoms. The number of carbonyl (C=O) groups excluding carboxylic acids is 1. The summed E-state index contributed by atoms with van der Waals surface area (Å²) < 4.78 is 7.08. The van der Waals surface area contributed by atoms with Crippen molar-refractivity contribution in [2.45, 2.75) is 32.2 Å². The first-order valence-corrected chi connectivity index (χ1v) is 10.4. The van der Waals surface area contributed by atoms with E-state index in [-0.39, 0.29) is 17.5 Å². The number of aryl methyl sites for hydroxylation is 2. The smallest absolute Gasteiger partial charge is 0.262 e. The predicted molar refractivity (Wildman–Crippen MR) is 109 cm³/mol. The van der Waals surface area contributed by atoms with E-state index in [0.29, 0.717) is 27.2 Å². The van der Waals surface area contributed by atoms with Crippen molar-refractivity contribution < 1.29 is 9.21 Å². The molecule has 1 saturated heterocycles. The summed E-state index contributed by atoms with van der Waals surface area (Å²) in [5, 5.41) is 3.58. The third-order valence-electron chi connectivity index (χ3n) is 5.38. The maximum absolute atomic E-state index is 12.9. The SMILES string of the molecule is Cc1c(C(=O)NCC(c2ccco2)N2CCCCC2)sc2ncn(C)c(=O)c12. The average molecular weight is 401 g/mol. The molecule has 4 heterocycles. The summed E-state index contributed by atoms with van der Waals surface area (Å²) in [7, 11) is 1.66. The number of nitrogens with one attached hydrogen (secondary N) is 1. The highest BCUT2D eigenvalue weighted by atomic mass is 32.1. The van der Waals surface area contributed by atoms with Crippen LogP contribution in [0.1, 0.15) is 46.3 Å². The summed E-state index contributed by atoms with van der Waals surface area (Å²) in [6.07, 6.45) is 6.74. The molecule has 0 saturated carbocycles. The zero-order valence-electron chi connectivity index (χ0n) is 16.1. The third kappa shape index (κ3) is 3.49. The van der Waals surface area contributed by atoms with Crippen LogP contribution in [0.3, 0.4) is 0 Å². The van der Waals surface area contributed by atoms with Crippen LogP contribution in [0.15, 0.2) is 33.9 Å². The Labute approximate surface area is 167 Å². The molecule has 0 aromatic carbocycles. The highest BCUT2D eigenvalue weighted by molar-refractivity contribution is 7.20. The highest BCUT2D eigenvalue weighted by Crippen LogP contribution is 2.28. The quantitative estimate of drug-likeness (QED) is 0.712. The molecule has 1 aliphatic rings. The van der Waals surface area contributed by atoms with Crippen molar-refractivity contribution in [3.05, 3.63) is 51.3 Å². The lowest BCUT2D eigenvalue weighted by molar-refractivity contribution is 0.0917. The zero-order valence-corrected chi connectivity index (χ0v) is 16.9. The van der Waals surface area contributed by atoms with Crippen molar-refractivity contribution >= 4 is 27.5 Å². The minimum atomic E-state index is -0.170. The maximum Gasteiger partial charge on any atom is 0.262 e. The van der Waals surface area contributed by atoms with Crippen LogP contribution in [0, 0.1) is 6.92 Å². The van der Waals surface area contributed by atoms with Gasteiger partial charge in [0.05, 0.1) is 28.9 Å². The molecule has 1 unspecified atom stereocenters. The molecule has 1 amide bonds. The van der Waals surface area contributed by atoms with E-state index < -0.39 is 0 Å². The second-order valence-electron chi connectivity index (χ2n) is 7.23. The summed E-state index contributed by atoms with van der Waals surface area (Å²) in [5.74, 6) is 0.696. The third-order valence-corrected chi connectivity index (χ3v) is 6.57. The lowest BCUT2D eigenvalue weighted by Gasteiger charge is -2.33. The molecule has 1 atom stereocenters. The van der Waals surface area contributed by atoms with Crippen LogP contribution < -0.4 is 10.9 Å².